The molecule has 0 fully saturated rings. The largest absolute Gasteiger partial charge is 0.312 e. The zero-order chi connectivity index (χ0) is 13.1. The van der Waals surface area contributed by atoms with Crippen LogP contribution in [0.3, 0.4) is 0 Å². The Morgan fingerprint density at radius 1 is 1.35 bits per heavy atom. The number of nitrogens with one attached hydrogen (secondary N) is 1. The molecule has 1 aromatic heterocycles. The highest BCUT2D eigenvalue weighted by atomic mass is 16.1. The first-order chi connectivity index (χ1) is 7.79. The minimum Gasteiger partial charge on any atom is -0.312 e. The first-order valence-electron chi connectivity index (χ1n) is 6.10. The van der Waals surface area contributed by atoms with Crippen molar-refractivity contribution >= 4 is 0 Å². The fourth-order valence-corrected chi connectivity index (χ4v) is 1.74. The second kappa shape index (κ2) is 5.45. The van der Waals surface area contributed by atoms with Gasteiger partial charge in [-0.25, -0.2) is 4.98 Å². The van der Waals surface area contributed by atoms with Gasteiger partial charge in [-0.3, -0.25) is 9.36 Å². The summed E-state index contributed by atoms with van der Waals surface area (Å²) >= 11 is 0. The van der Waals surface area contributed by atoms with Crippen LogP contribution in [-0.4, -0.2) is 21.6 Å². The highest BCUT2D eigenvalue weighted by Crippen LogP contribution is 1.99. The molecule has 1 rings (SSSR count). The predicted molar refractivity (Wildman–Crippen MR) is 70.3 cm³/mol. The Balaban J connectivity index is 2.56. The molecular formula is C13H23N3O. The molecule has 4 nitrogen and oxygen atoms in total. The van der Waals surface area contributed by atoms with Crippen LogP contribution < -0.4 is 10.9 Å². The Bertz CT molecular complexity index is 429. The van der Waals surface area contributed by atoms with Gasteiger partial charge in [0.15, 0.2) is 0 Å². The van der Waals surface area contributed by atoms with E-state index in [0.29, 0.717) is 0 Å². The van der Waals surface area contributed by atoms with Crippen LogP contribution >= 0.6 is 0 Å². The van der Waals surface area contributed by atoms with Crippen molar-refractivity contribution in [3.05, 3.63) is 27.9 Å². The fourth-order valence-electron chi connectivity index (χ4n) is 1.74. The molecule has 0 spiro atoms. The van der Waals surface area contributed by atoms with Gasteiger partial charge >= 0.3 is 0 Å². The molecule has 0 atom stereocenters. The van der Waals surface area contributed by atoms with Gasteiger partial charge in [0, 0.05) is 23.8 Å². The van der Waals surface area contributed by atoms with E-state index in [1.807, 2.05) is 13.8 Å². The maximum absolute atomic E-state index is 11.8. The number of nitrogens with zero attached hydrogens (tertiary/aromatic N) is 2. The van der Waals surface area contributed by atoms with Crippen molar-refractivity contribution in [2.75, 3.05) is 6.54 Å². The van der Waals surface area contributed by atoms with Crippen LogP contribution in [0.4, 0.5) is 0 Å². The Morgan fingerprint density at radius 3 is 2.53 bits per heavy atom. The van der Waals surface area contributed by atoms with Crippen molar-refractivity contribution < 1.29 is 0 Å². The molecule has 4 heteroatoms. The summed E-state index contributed by atoms with van der Waals surface area (Å²) in [5, 5.41) is 3.41. The maximum atomic E-state index is 11.8. The van der Waals surface area contributed by atoms with Crippen LogP contribution in [0.2, 0.25) is 0 Å². The van der Waals surface area contributed by atoms with Crippen molar-refractivity contribution in [3.63, 3.8) is 0 Å². The number of hydrogen-bond donors (Lipinski definition) is 1. The SMILES string of the molecule is Cc1cc(=O)n(CCCNC(C)(C)C)c(C)n1. The molecule has 0 bridgehead atoms. The number of aryl methyl sites for hydroxylation is 2. The van der Waals surface area contributed by atoms with Crippen molar-refractivity contribution in [1.82, 2.24) is 14.9 Å². The number of hydrogen-bond acceptors (Lipinski definition) is 3. The van der Waals surface area contributed by atoms with E-state index in [-0.39, 0.29) is 11.1 Å². The van der Waals surface area contributed by atoms with Gasteiger partial charge in [0.1, 0.15) is 5.82 Å². The lowest BCUT2D eigenvalue weighted by atomic mass is 10.1. The predicted octanol–water partition coefficient (Wildman–Crippen LogP) is 1.64. The lowest BCUT2D eigenvalue weighted by Gasteiger charge is -2.20. The molecule has 0 saturated heterocycles. The Kier molecular flexibility index (Phi) is 4.46. The second-order valence-electron chi connectivity index (χ2n) is 5.46. The highest BCUT2D eigenvalue weighted by molar-refractivity contribution is 5.01. The topological polar surface area (TPSA) is 46.9 Å². The summed E-state index contributed by atoms with van der Waals surface area (Å²) in [6, 6.07) is 1.59. The summed E-state index contributed by atoms with van der Waals surface area (Å²) in [7, 11) is 0. The molecule has 0 aliphatic heterocycles. The fraction of sp³-hybridized carbons (Fsp3) is 0.692. The van der Waals surface area contributed by atoms with Gasteiger partial charge in [-0.15, -0.1) is 0 Å². The van der Waals surface area contributed by atoms with E-state index in [4.69, 9.17) is 0 Å². The summed E-state index contributed by atoms with van der Waals surface area (Å²) in [6.45, 7) is 11.8. The van der Waals surface area contributed by atoms with Crippen molar-refractivity contribution in [1.29, 1.82) is 0 Å². The molecule has 0 aromatic carbocycles. The molecule has 1 N–H and O–H groups in total. The van der Waals surface area contributed by atoms with Crippen LogP contribution in [0.15, 0.2) is 10.9 Å². The van der Waals surface area contributed by atoms with E-state index in [1.165, 1.54) is 0 Å². The van der Waals surface area contributed by atoms with Gasteiger partial charge in [-0.1, -0.05) is 0 Å². The van der Waals surface area contributed by atoms with Gasteiger partial charge in [0.05, 0.1) is 0 Å². The Morgan fingerprint density at radius 2 is 2.00 bits per heavy atom. The standard InChI is InChI=1S/C13H23N3O/c1-10-9-12(17)16(11(2)15-10)8-6-7-14-13(3,4)5/h9,14H,6-8H2,1-5H3. The molecule has 96 valence electrons. The van der Waals surface area contributed by atoms with E-state index in [2.05, 4.69) is 31.1 Å². The third-order valence-corrected chi connectivity index (χ3v) is 2.54. The average molecular weight is 237 g/mol. The highest BCUT2D eigenvalue weighted by Gasteiger charge is 2.08. The lowest BCUT2D eigenvalue weighted by molar-refractivity contribution is 0.411. The van der Waals surface area contributed by atoms with Gasteiger partial charge in [-0.05, 0) is 47.6 Å². The molecule has 0 aliphatic carbocycles. The molecule has 1 heterocycles. The van der Waals surface area contributed by atoms with Gasteiger partial charge < -0.3 is 5.32 Å². The van der Waals surface area contributed by atoms with Crippen LogP contribution in [0.1, 0.15) is 38.7 Å². The molecule has 0 unspecified atom stereocenters. The molecule has 0 radical (unpaired) electrons. The maximum Gasteiger partial charge on any atom is 0.253 e. The van der Waals surface area contributed by atoms with Crippen molar-refractivity contribution in [3.8, 4) is 0 Å². The van der Waals surface area contributed by atoms with Crippen molar-refractivity contribution in [2.45, 2.75) is 53.1 Å². The Labute approximate surface area is 103 Å². The van der Waals surface area contributed by atoms with E-state index >= 15 is 0 Å². The second-order valence-corrected chi connectivity index (χ2v) is 5.46. The quantitative estimate of drug-likeness (QED) is 0.810. The van der Waals surface area contributed by atoms with Gasteiger partial charge in [-0.2, -0.15) is 0 Å². The number of rotatable bonds is 4. The van der Waals surface area contributed by atoms with Gasteiger partial charge in [0.25, 0.3) is 5.56 Å². The van der Waals surface area contributed by atoms with Crippen molar-refractivity contribution in [2.24, 2.45) is 0 Å². The molecule has 0 saturated carbocycles. The summed E-state index contributed by atoms with van der Waals surface area (Å²) in [4.78, 5) is 16.1. The molecular weight excluding hydrogens is 214 g/mol. The summed E-state index contributed by atoms with van der Waals surface area (Å²) in [5.41, 5.74) is 0.966. The first kappa shape index (κ1) is 13.9. The molecule has 1 aromatic rings. The smallest absolute Gasteiger partial charge is 0.253 e. The third-order valence-electron chi connectivity index (χ3n) is 2.54. The van der Waals surface area contributed by atoms with Crippen LogP contribution in [0.25, 0.3) is 0 Å². The first-order valence-corrected chi connectivity index (χ1v) is 6.10. The van der Waals surface area contributed by atoms with Gasteiger partial charge in [0.2, 0.25) is 0 Å². The van der Waals surface area contributed by atoms with E-state index in [0.717, 1.165) is 31.0 Å². The molecule has 17 heavy (non-hydrogen) atoms. The zero-order valence-electron chi connectivity index (χ0n) is 11.5. The third kappa shape index (κ3) is 4.69. The number of aromatic nitrogens is 2. The van der Waals surface area contributed by atoms with Crippen LogP contribution in [-0.2, 0) is 6.54 Å². The monoisotopic (exact) mass is 237 g/mol. The van der Waals surface area contributed by atoms with Crippen LogP contribution in [0.5, 0.6) is 0 Å². The van der Waals surface area contributed by atoms with E-state index in [9.17, 15) is 4.79 Å². The van der Waals surface area contributed by atoms with Crippen LogP contribution in [0, 0.1) is 13.8 Å². The molecule has 0 amide bonds. The minimum atomic E-state index is 0.0470. The summed E-state index contributed by atoms with van der Waals surface area (Å²) in [6.07, 6.45) is 0.933. The minimum absolute atomic E-state index is 0.0470. The average Bonchev–Trinajstić information content (AvgIpc) is 2.13. The summed E-state index contributed by atoms with van der Waals surface area (Å²) in [5.74, 6) is 0.797. The summed E-state index contributed by atoms with van der Waals surface area (Å²) < 4.78 is 1.73. The van der Waals surface area contributed by atoms with E-state index in [1.54, 1.807) is 10.6 Å². The van der Waals surface area contributed by atoms with E-state index < -0.39 is 0 Å². The molecule has 0 aliphatic rings. The zero-order valence-corrected chi connectivity index (χ0v) is 11.5. The normalized spacial score (nSPS) is 11.8. The lowest BCUT2D eigenvalue weighted by Crippen LogP contribution is -2.37. The Hall–Kier alpha value is -1.16.